The maximum atomic E-state index is 13.5. The van der Waals surface area contributed by atoms with E-state index in [4.69, 9.17) is 0 Å². The SMILES string of the molecule is O=C(Nc1ccc2c(c1)OC(F)(F)O2)N1CC(c2ccc(F)cc2)=C(c2ccc3c(c2)OC(F)(F)O3)N1. The fourth-order valence-electron chi connectivity index (χ4n) is 4.05. The predicted molar refractivity (Wildman–Crippen MR) is 117 cm³/mol. The maximum Gasteiger partial charge on any atom is 0.586 e. The molecule has 0 saturated heterocycles. The summed E-state index contributed by atoms with van der Waals surface area (Å²) in [4.78, 5) is 13.0. The first-order valence-electron chi connectivity index (χ1n) is 10.7. The molecule has 8 nitrogen and oxygen atoms in total. The van der Waals surface area contributed by atoms with Crippen molar-refractivity contribution in [3.05, 3.63) is 77.6 Å². The van der Waals surface area contributed by atoms with Crippen LogP contribution in [0, 0.1) is 5.82 Å². The number of rotatable bonds is 3. The fourth-order valence-corrected chi connectivity index (χ4v) is 4.05. The van der Waals surface area contributed by atoms with E-state index in [1.54, 1.807) is 0 Å². The van der Waals surface area contributed by atoms with E-state index < -0.39 is 24.4 Å². The molecule has 0 aliphatic carbocycles. The van der Waals surface area contributed by atoms with Gasteiger partial charge in [-0.15, -0.1) is 17.6 Å². The molecule has 0 radical (unpaired) electrons. The van der Waals surface area contributed by atoms with E-state index in [-0.39, 0.29) is 35.2 Å². The van der Waals surface area contributed by atoms with Crippen molar-refractivity contribution in [3.63, 3.8) is 0 Å². The van der Waals surface area contributed by atoms with E-state index in [0.29, 0.717) is 22.4 Å². The predicted octanol–water partition coefficient (Wildman–Crippen LogP) is 5.39. The van der Waals surface area contributed by atoms with Gasteiger partial charge >= 0.3 is 18.6 Å². The number of hydrogen-bond acceptors (Lipinski definition) is 6. The van der Waals surface area contributed by atoms with Crippen LogP contribution in [0.5, 0.6) is 23.0 Å². The van der Waals surface area contributed by atoms with Crippen LogP contribution in [0.25, 0.3) is 11.3 Å². The number of benzene rings is 3. The van der Waals surface area contributed by atoms with Crippen LogP contribution in [0.4, 0.5) is 32.4 Å². The minimum atomic E-state index is -3.81. The van der Waals surface area contributed by atoms with Gasteiger partial charge in [-0.25, -0.2) is 14.2 Å². The van der Waals surface area contributed by atoms with E-state index in [1.165, 1.54) is 65.7 Å². The standard InChI is InChI=1S/C24H14F5N3O5/c25-14-4-1-12(2-5-14)16-11-32(22(33)30-15-6-8-18-20(10-15)37-24(28,29)35-18)31-21(16)13-3-7-17-19(9-13)36-23(26,27)34-17/h1-10,31H,11H2,(H,30,33). The van der Waals surface area contributed by atoms with Crippen molar-refractivity contribution in [3.8, 4) is 23.0 Å². The van der Waals surface area contributed by atoms with E-state index in [2.05, 4.69) is 29.7 Å². The van der Waals surface area contributed by atoms with Crippen molar-refractivity contribution in [1.82, 2.24) is 10.4 Å². The zero-order valence-electron chi connectivity index (χ0n) is 18.4. The van der Waals surface area contributed by atoms with E-state index in [1.807, 2.05) is 0 Å². The number of alkyl halides is 4. The first-order chi connectivity index (χ1) is 17.6. The van der Waals surface area contributed by atoms with Crippen LogP contribution < -0.4 is 29.7 Å². The lowest BCUT2D eigenvalue weighted by Gasteiger charge is -2.19. The summed E-state index contributed by atoms with van der Waals surface area (Å²) in [6, 6.07) is 12.7. The molecule has 0 bridgehead atoms. The number of carbonyl (C=O) groups is 1. The second kappa shape index (κ2) is 7.91. The van der Waals surface area contributed by atoms with Crippen LogP contribution in [0.3, 0.4) is 0 Å². The van der Waals surface area contributed by atoms with Gasteiger partial charge in [0, 0.05) is 22.9 Å². The molecule has 13 heteroatoms. The first kappa shape index (κ1) is 22.8. The Kier molecular flexibility index (Phi) is 4.87. The van der Waals surface area contributed by atoms with E-state index in [0.717, 1.165) is 0 Å². The highest BCUT2D eigenvalue weighted by Gasteiger charge is 2.44. The van der Waals surface area contributed by atoms with Gasteiger partial charge in [-0.3, -0.25) is 5.43 Å². The minimum absolute atomic E-state index is 0.0139. The summed E-state index contributed by atoms with van der Waals surface area (Å²) in [6.45, 7) is -0.0139. The zero-order chi connectivity index (χ0) is 25.9. The number of nitrogens with zero attached hydrogens (tertiary/aromatic N) is 1. The van der Waals surface area contributed by atoms with Gasteiger partial charge in [0.15, 0.2) is 23.0 Å². The van der Waals surface area contributed by atoms with Crippen LogP contribution in [-0.2, 0) is 0 Å². The molecule has 0 saturated carbocycles. The third-order valence-electron chi connectivity index (χ3n) is 5.65. The summed E-state index contributed by atoms with van der Waals surface area (Å²) in [7, 11) is 0. The van der Waals surface area contributed by atoms with E-state index >= 15 is 0 Å². The average Bonchev–Trinajstić information content (AvgIpc) is 3.49. The Morgan fingerprint density at radius 1 is 0.784 bits per heavy atom. The molecule has 6 rings (SSSR count). The van der Waals surface area contributed by atoms with Gasteiger partial charge in [-0.1, -0.05) is 12.1 Å². The topological polar surface area (TPSA) is 81.3 Å². The van der Waals surface area contributed by atoms with Crippen molar-refractivity contribution in [1.29, 1.82) is 0 Å². The number of ether oxygens (including phenoxy) is 4. The number of amides is 2. The Morgan fingerprint density at radius 3 is 2.03 bits per heavy atom. The summed E-state index contributed by atoms with van der Waals surface area (Å²) in [5, 5.41) is 3.73. The number of carbonyl (C=O) groups excluding carboxylic acids is 1. The van der Waals surface area contributed by atoms with Crippen LogP contribution in [0.15, 0.2) is 60.7 Å². The highest BCUT2D eigenvalue weighted by Crippen LogP contribution is 2.44. The van der Waals surface area contributed by atoms with Crippen molar-refractivity contribution in [2.45, 2.75) is 12.6 Å². The quantitative estimate of drug-likeness (QED) is 0.452. The van der Waals surface area contributed by atoms with Crippen LogP contribution in [-0.4, -0.2) is 30.2 Å². The van der Waals surface area contributed by atoms with Crippen molar-refractivity contribution in [2.75, 3.05) is 11.9 Å². The van der Waals surface area contributed by atoms with Crippen molar-refractivity contribution >= 4 is 23.0 Å². The van der Waals surface area contributed by atoms with Crippen LogP contribution >= 0.6 is 0 Å². The highest BCUT2D eigenvalue weighted by molar-refractivity contribution is 5.98. The Labute approximate surface area is 204 Å². The van der Waals surface area contributed by atoms with E-state index in [9.17, 15) is 26.7 Å². The molecule has 0 aromatic heterocycles. The van der Waals surface area contributed by atoms with Gasteiger partial charge in [0.2, 0.25) is 0 Å². The molecular formula is C24H14F5N3O5. The summed E-state index contributed by atoms with van der Waals surface area (Å²) in [5.74, 6) is -1.25. The van der Waals surface area contributed by atoms with Crippen molar-refractivity contribution < 1.29 is 45.7 Å². The molecule has 0 spiro atoms. The molecule has 0 atom stereocenters. The van der Waals surface area contributed by atoms with Crippen LogP contribution in [0.1, 0.15) is 11.1 Å². The first-order valence-corrected chi connectivity index (χ1v) is 10.7. The summed E-state index contributed by atoms with van der Waals surface area (Å²) in [5.41, 5.74) is 4.93. The summed E-state index contributed by atoms with van der Waals surface area (Å²) < 4.78 is 84.8. The number of hydrazine groups is 1. The molecule has 3 aliphatic heterocycles. The highest BCUT2D eigenvalue weighted by atomic mass is 19.3. The molecule has 0 unspecified atom stereocenters. The number of hydrogen-bond donors (Lipinski definition) is 2. The van der Waals surface area contributed by atoms with Crippen molar-refractivity contribution in [2.24, 2.45) is 0 Å². The molecule has 3 aliphatic rings. The van der Waals surface area contributed by atoms with Gasteiger partial charge < -0.3 is 24.3 Å². The Bertz CT molecular complexity index is 1460. The summed E-state index contributed by atoms with van der Waals surface area (Å²) in [6.07, 6.45) is -7.61. The lowest BCUT2D eigenvalue weighted by atomic mass is 10.0. The number of nitrogens with one attached hydrogen (secondary N) is 2. The molecule has 190 valence electrons. The third-order valence-corrected chi connectivity index (χ3v) is 5.65. The van der Waals surface area contributed by atoms with Gasteiger partial charge in [-0.05, 0) is 48.0 Å². The maximum absolute atomic E-state index is 13.5. The Hall–Kier alpha value is -4.68. The molecule has 3 aromatic carbocycles. The molecule has 37 heavy (non-hydrogen) atoms. The Balaban J connectivity index is 1.27. The van der Waals surface area contributed by atoms with Gasteiger partial charge in [0.1, 0.15) is 5.82 Å². The normalized spacial score (nSPS) is 18.1. The smallest absolute Gasteiger partial charge is 0.395 e. The molecule has 0 fully saturated rings. The average molecular weight is 519 g/mol. The monoisotopic (exact) mass is 519 g/mol. The molecular weight excluding hydrogens is 505 g/mol. The number of urea groups is 1. The third kappa shape index (κ3) is 4.28. The number of fused-ring (bicyclic) bond motifs is 2. The largest absolute Gasteiger partial charge is 0.586 e. The zero-order valence-corrected chi connectivity index (χ0v) is 18.4. The van der Waals surface area contributed by atoms with Gasteiger partial charge in [0.25, 0.3) is 0 Å². The second-order valence-corrected chi connectivity index (χ2v) is 8.15. The lowest BCUT2D eigenvalue weighted by Crippen LogP contribution is -2.40. The summed E-state index contributed by atoms with van der Waals surface area (Å²) >= 11 is 0. The Morgan fingerprint density at radius 2 is 1.35 bits per heavy atom. The molecule has 2 N–H and O–H groups in total. The van der Waals surface area contributed by atoms with Gasteiger partial charge in [0.05, 0.1) is 12.2 Å². The second-order valence-electron chi connectivity index (χ2n) is 8.15. The molecule has 3 aromatic rings. The fraction of sp³-hybridized carbons (Fsp3) is 0.125. The molecule has 3 heterocycles. The number of anilines is 1. The molecule has 2 amide bonds. The number of halogens is 5. The van der Waals surface area contributed by atoms with Crippen LogP contribution in [0.2, 0.25) is 0 Å². The van der Waals surface area contributed by atoms with Gasteiger partial charge in [-0.2, -0.15) is 0 Å². The lowest BCUT2D eigenvalue weighted by molar-refractivity contribution is -0.287. The minimum Gasteiger partial charge on any atom is -0.395 e.